The lowest BCUT2D eigenvalue weighted by Gasteiger charge is -2.46. The summed E-state index contributed by atoms with van der Waals surface area (Å²) >= 11 is 0. The van der Waals surface area contributed by atoms with Gasteiger partial charge in [-0.1, -0.05) is 60.7 Å². The average molecular weight is 300 g/mol. The van der Waals surface area contributed by atoms with Crippen LogP contribution >= 0.6 is 0 Å². The predicted molar refractivity (Wildman–Crippen MR) is 84.4 cm³/mol. The quantitative estimate of drug-likeness (QED) is 0.674. The van der Waals surface area contributed by atoms with E-state index in [4.69, 9.17) is 0 Å². The van der Waals surface area contributed by atoms with Gasteiger partial charge < -0.3 is 10.3 Å². The molecule has 0 saturated carbocycles. The molecule has 0 aliphatic rings. The van der Waals surface area contributed by atoms with Crippen molar-refractivity contribution < 1.29 is 14.7 Å². The number of rotatable bonds is 5. The van der Waals surface area contributed by atoms with Crippen LogP contribution in [-0.4, -0.2) is 28.0 Å². The molecule has 2 atom stereocenters. The minimum Gasteiger partial charge on any atom is -0.601 e. The lowest BCUT2D eigenvalue weighted by atomic mass is 10.1. The fraction of sp³-hybridized carbons (Fsp3) is 0.235. The molecule has 0 aliphatic heterocycles. The summed E-state index contributed by atoms with van der Waals surface area (Å²) < 4.78 is -1.45. The molecule has 2 rings (SSSR count). The molecule has 2 aromatic carbocycles. The molecule has 0 aromatic heterocycles. The van der Waals surface area contributed by atoms with Crippen molar-refractivity contribution in [1.29, 1.82) is 0 Å². The number of carboxylic acid groups (broad SMARTS) is 1. The zero-order valence-corrected chi connectivity index (χ0v) is 12.7. The van der Waals surface area contributed by atoms with E-state index in [0.717, 1.165) is 5.56 Å². The van der Waals surface area contributed by atoms with Gasteiger partial charge in [0.25, 0.3) is 0 Å². The third-order valence-corrected chi connectivity index (χ3v) is 3.84. The summed E-state index contributed by atoms with van der Waals surface area (Å²) in [4.78, 5) is 11.7. The Bertz CT molecular complexity index is 618. The number of hydrogen-bond acceptors (Lipinski definition) is 3. The molecule has 5 nitrogen and oxygen atoms in total. The molecule has 0 saturated heterocycles. The van der Waals surface area contributed by atoms with Gasteiger partial charge in [0.1, 0.15) is 6.04 Å². The smallest absolute Gasteiger partial charge is 0.534 e. The summed E-state index contributed by atoms with van der Waals surface area (Å²) in [5.41, 5.74) is 1.59. The largest absolute Gasteiger partial charge is 0.601 e. The standard InChI is InChI=1S/C17H20N2O3/c1-14(16-11-7-4-8-12-16)19(22,17(20)21)18(2)13-15-9-5-3-6-10-15/h3-12,14H,13H2,1-2H3,(H,20,21). The Morgan fingerprint density at radius 1 is 1.14 bits per heavy atom. The molecule has 1 N–H and O–H groups in total. The number of hydrogen-bond donors (Lipinski definition) is 1. The van der Waals surface area contributed by atoms with E-state index in [-0.39, 0.29) is 6.54 Å². The molecule has 5 heteroatoms. The normalized spacial score (nSPS) is 15.3. The highest BCUT2D eigenvalue weighted by molar-refractivity contribution is 5.57. The average Bonchev–Trinajstić information content (AvgIpc) is 2.54. The summed E-state index contributed by atoms with van der Waals surface area (Å²) in [5.74, 6) is 0. The van der Waals surface area contributed by atoms with E-state index in [1.165, 1.54) is 12.1 Å². The van der Waals surface area contributed by atoms with Crippen molar-refractivity contribution in [3.63, 3.8) is 0 Å². The highest BCUT2D eigenvalue weighted by Crippen LogP contribution is 2.30. The number of hydroxylamine groups is 2. The van der Waals surface area contributed by atoms with Gasteiger partial charge in [0.2, 0.25) is 0 Å². The zero-order valence-electron chi connectivity index (χ0n) is 12.7. The van der Waals surface area contributed by atoms with Gasteiger partial charge in [-0.15, -0.1) is 5.01 Å². The van der Waals surface area contributed by atoms with Crippen LogP contribution in [0.2, 0.25) is 0 Å². The van der Waals surface area contributed by atoms with E-state index < -0.39 is 16.9 Å². The van der Waals surface area contributed by atoms with Gasteiger partial charge in [0.15, 0.2) is 0 Å². The summed E-state index contributed by atoms with van der Waals surface area (Å²) in [5, 5.41) is 23.9. The first-order valence-electron chi connectivity index (χ1n) is 7.10. The maximum Gasteiger partial charge on any atom is 0.534 e. The Kier molecular flexibility index (Phi) is 4.92. The number of benzene rings is 2. The lowest BCUT2D eigenvalue weighted by molar-refractivity contribution is -0.954. The first-order chi connectivity index (χ1) is 10.5. The van der Waals surface area contributed by atoms with Crippen LogP contribution in [0, 0.1) is 5.21 Å². The molecule has 2 unspecified atom stereocenters. The van der Waals surface area contributed by atoms with Crippen molar-refractivity contribution in [2.24, 2.45) is 0 Å². The van der Waals surface area contributed by atoms with Crippen molar-refractivity contribution >= 4 is 6.09 Å². The Morgan fingerprint density at radius 2 is 1.64 bits per heavy atom. The Balaban J connectivity index is 2.29. The molecule has 0 spiro atoms. The van der Waals surface area contributed by atoms with Gasteiger partial charge in [-0.05, 0) is 12.5 Å². The van der Waals surface area contributed by atoms with Crippen LogP contribution < -0.4 is 0 Å². The fourth-order valence-corrected chi connectivity index (χ4v) is 2.49. The second-order valence-electron chi connectivity index (χ2n) is 5.29. The lowest BCUT2D eigenvalue weighted by Crippen LogP contribution is -2.58. The fourth-order valence-electron chi connectivity index (χ4n) is 2.49. The van der Waals surface area contributed by atoms with E-state index >= 15 is 0 Å². The van der Waals surface area contributed by atoms with Gasteiger partial charge in [-0.2, -0.15) is 9.55 Å². The van der Waals surface area contributed by atoms with E-state index in [9.17, 15) is 15.1 Å². The van der Waals surface area contributed by atoms with Crippen LogP contribution in [0.25, 0.3) is 0 Å². The number of amides is 1. The number of quaternary nitrogens is 1. The molecule has 1 amide bonds. The van der Waals surface area contributed by atoms with Crippen molar-refractivity contribution in [3.05, 3.63) is 77.0 Å². The van der Waals surface area contributed by atoms with Crippen molar-refractivity contribution in [3.8, 4) is 0 Å². The molecule has 0 fully saturated rings. The minimum atomic E-state index is -1.45. The Labute approximate surface area is 130 Å². The molecule has 0 heterocycles. The topological polar surface area (TPSA) is 63.6 Å². The molecule has 0 aliphatic carbocycles. The van der Waals surface area contributed by atoms with Crippen LogP contribution in [0.5, 0.6) is 0 Å². The van der Waals surface area contributed by atoms with Gasteiger partial charge in [0, 0.05) is 12.6 Å². The third kappa shape index (κ3) is 3.17. The maximum absolute atomic E-state index is 13.1. The second-order valence-corrected chi connectivity index (χ2v) is 5.29. The SMILES string of the molecule is CC(c1ccccc1)[N+]([O-])(C(=O)O)N(C)Cc1ccccc1. The highest BCUT2D eigenvalue weighted by atomic mass is 16.7. The predicted octanol–water partition coefficient (Wildman–Crippen LogP) is 3.79. The molecule has 2 aromatic rings. The van der Waals surface area contributed by atoms with Gasteiger partial charge in [-0.3, -0.25) is 0 Å². The summed E-state index contributed by atoms with van der Waals surface area (Å²) in [6.45, 7) is 1.89. The maximum atomic E-state index is 13.1. The molecule has 116 valence electrons. The second kappa shape index (κ2) is 6.70. The van der Waals surface area contributed by atoms with Crippen molar-refractivity contribution in [1.82, 2.24) is 5.01 Å². The van der Waals surface area contributed by atoms with Crippen LogP contribution in [0.15, 0.2) is 60.7 Å². The molecule has 0 radical (unpaired) electrons. The summed E-state index contributed by atoms with van der Waals surface area (Å²) in [6, 6.07) is 17.6. The van der Waals surface area contributed by atoms with Crippen LogP contribution in [-0.2, 0) is 6.54 Å². The first kappa shape index (κ1) is 16.2. The van der Waals surface area contributed by atoms with E-state index in [1.54, 1.807) is 31.2 Å². The molecule has 22 heavy (non-hydrogen) atoms. The van der Waals surface area contributed by atoms with E-state index in [1.807, 2.05) is 36.4 Å². The summed E-state index contributed by atoms with van der Waals surface area (Å²) in [6.07, 6.45) is -1.42. The summed E-state index contributed by atoms with van der Waals surface area (Å²) in [7, 11) is 1.54. The Morgan fingerprint density at radius 3 is 2.14 bits per heavy atom. The third-order valence-electron chi connectivity index (χ3n) is 3.84. The van der Waals surface area contributed by atoms with Crippen LogP contribution in [0.3, 0.4) is 0 Å². The highest BCUT2D eigenvalue weighted by Gasteiger charge is 2.39. The Hall–Kier alpha value is -2.21. The van der Waals surface area contributed by atoms with E-state index in [0.29, 0.717) is 5.56 Å². The van der Waals surface area contributed by atoms with Gasteiger partial charge in [0.05, 0.1) is 6.54 Å². The van der Waals surface area contributed by atoms with E-state index in [2.05, 4.69) is 0 Å². The molecular weight excluding hydrogens is 280 g/mol. The van der Waals surface area contributed by atoms with Crippen molar-refractivity contribution in [2.45, 2.75) is 19.5 Å². The number of nitrogens with zero attached hydrogens (tertiary/aromatic N) is 2. The van der Waals surface area contributed by atoms with Crippen LogP contribution in [0.4, 0.5) is 4.79 Å². The monoisotopic (exact) mass is 300 g/mol. The zero-order chi connectivity index (χ0) is 16.2. The van der Waals surface area contributed by atoms with Crippen molar-refractivity contribution in [2.75, 3.05) is 7.05 Å². The van der Waals surface area contributed by atoms with Crippen LogP contribution in [0.1, 0.15) is 24.1 Å². The van der Waals surface area contributed by atoms with Gasteiger partial charge in [-0.25, -0.2) is 0 Å². The molecule has 0 bridgehead atoms. The minimum absolute atomic E-state index is 0.258. The van der Waals surface area contributed by atoms with Gasteiger partial charge >= 0.3 is 6.09 Å². The first-order valence-corrected chi connectivity index (χ1v) is 7.10. The molecular formula is C17H20N2O3. The number of carbonyl (C=O) groups is 1.